The molecular formula is C14H11ClF2N2O2. The predicted molar refractivity (Wildman–Crippen MR) is 76.5 cm³/mol. The van der Waals surface area contributed by atoms with Crippen molar-refractivity contribution in [3.63, 3.8) is 0 Å². The largest absolute Gasteiger partial charge is 0.373 e. The van der Waals surface area contributed by atoms with Crippen LogP contribution in [0.2, 0.25) is 5.02 Å². The number of nitro benzene ring substituents is 1. The van der Waals surface area contributed by atoms with E-state index in [9.17, 15) is 18.9 Å². The van der Waals surface area contributed by atoms with E-state index in [4.69, 9.17) is 11.6 Å². The summed E-state index contributed by atoms with van der Waals surface area (Å²) in [5.74, 6) is -1.42. The Bertz CT molecular complexity index is 674. The van der Waals surface area contributed by atoms with Crippen molar-refractivity contribution >= 4 is 23.0 Å². The number of nitro groups is 1. The Morgan fingerprint density at radius 1 is 1.19 bits per heavy atom. The molecule has 7 heteroatoms. The molecule has 0 amide bonds. The first-order valence-electron chi connectivity index (χ1n) is 6.03. The number of rotatable bonds is 4. The van der Waals surface area contributed by atoms with Crippen molar-refractivity contribution < 1.29 is 13.7 Å². The van der Waals surface area contributed by atoms with Gasteiger partial charge in [-0.3, -0.25) is 10.1 Å². The summed E-state index contributed by atoms with van der Waals surface area (Å²) in [5, 5.41) is 14.1. The fraction of sp³-hybridized carbons (Fsp3) is 0.143. The maximum absolute atomic E-state index is 13.2. The molecule has 0 fully saturated rings. The zero-order chi connectivity index (χ0) is 15.6. The molecule has 110 valence electrons. The Morgan fingerprint density at radius 3 is 2.38 bits per heavy atom. The Kier molecular flexibility index (Phi) is 4.37. The number of halogens is 3. The van der Waals surface area contributed by atoms with Crippen LogP contribution >= 0.6 is 11.6 Å². The maximum Gasteiger partial charge on any atom is 0.292 e. The molecule has 0 saturated heterocycles. The number of hydrogen-bond donors (Lipinski definition) is 1. The van der Waals surface area contributed by atoms with Crippen molar-refractivity contribution in [3.05, 3.63) is 68.7 Å². The molecule has 2 aromatic carbocycles. The standard InChI is InChI=1S/C14H11ClF2N2O2/c1-8(9-4-11(16)7-12(17)5-9)18-13-6-10(15)2-3-14(13)19(20)21/h2-8,18H,1H3. The van der Waals surface area contributed by atoms with Crippen molar-refractivity contribution in [1.82, 2.24) is 0 Å². The Balaban J connectivity index is 2.32. The smallest absolute Gasteiger partial charge is 0.292 e. The third kappa shape index (κ3) is 3.66. The molecule has 1 atom stereocenters. The Labute approximate surface area is 124 Å². The zero-order valence-corrected chi connectivity index (χ0v) is 11.7. The van der Waals surface area contributed by atoms with Crippen molar-refractivity contribution in [2.24, 2.45) is 0 Å². The van der Waals surface area contributed by atoms with E-state index in [0.29, 0.717) is 10.6 Å². The van der Waals surface area contributed by atoms with Gasteiger partial charge in [-0.25, -0.2) is 8.78 Å². The topological polar surface area (TPSA) is 55.2 Å². The molecule has 2 rings (SSSR count). The zero-order valence-electron chi connectivity index (χ0n) is 10.9. The maximum atomic E-state index is 13.2. The monoisotopic (exact) mass is 312 g/mol. The van der Waals surface area contributed by atoms with Gasteiger partial charge in [0.15, 0.2) is 0 Å². The first kappa shape index (κ1) is 15.2. The molecule has 21 heavy (non-hydrogen) atoms. The fourth-order valence-electron chi connectivity index (χ4n) is 1.92. The van der Waals surface area contributed by atoms with Gasteiger partial charge in [0.05, 0.1) is 4.92 Å². The lowest BCUT2D eigenvalue weighted by atomic mass is 10.1. The van der Waals surface area contributed by atoms with Gasteiger partial charge < -0.3 is 5.32 Å². The van der Waals surface area contributed by atoms with E-state index >= 15 is 0 Å². The highest BCUT2D eigenvalue weighted by Crippen LogP contribution is 2.31. The normalized spacial score (nSPS) is 12.0. The number of nitrogens with one attached hydrogen (secondary N) is 1. The molecule has 0 aliphatic heterocycles. The molecule has 0 aliphatic carbocycles. The van der Waals surface area contributed by atoms with E-state index in [2.05, 4.69) is 5.32 Å². The number of benzene rings is 2. The van der Waals surface area contributed by atoms with Crippen LogP contribution in [0.3, 0.4) is 0 Å². The van der Waals surface area contributed by atoms with Crippen LogP contribution in [0.1, 0.15) is 18.5 Å². The van der Waals surface area contributed by atoms with Gasteiger partial charge in [-0.15, -0.1) is 0 Å². The molecule has 0 radical (unpaired) electrons. The average Bonchev–Trinajstić information content (AvgIpc) is 2.37. The molecule has 0 bridgehead atoms. The van der Waals surface area contributed by atoms with Crippen molar-refractivity contribution in [2.45, 2.75) is 13.0 Å². The van der Waals surface area contributed by atoms with Gasteiger partial charge in [-0.2, -0.15) is 0 Å². The molecule has 0 heterocycles. The minimum absolute atomic E-state index is 0.164. The van der Waals surface area contributed by atoms with Gasteiger partial charge in [0, 0.05) is 23.2 Å². The van der Waals surface area contributed by atoms with Crippen LogP contribution < -0.4 is 5.32 Å². The summed E-state index contributed by atoms with van der Waals surface area (Å²) < 4.78 is 26.4. The second-order valence-electron chi connectivity index (χ2n) is 4.49. The lowest BCUT2D eigenvalue weighted by molar-refractivity contribution is -0.384. The summed E-state index contributed by atoms with van der Waals surface area (Å²) >= 11 is 5.82. The van der Waals surface area contributed by atoms with Crippen molar-refractivity contribution in [3.8, 4) is 0 Å². The molecule has 0 aromatic heterocycles. The summed E-state index contributed by atoms with van der Waals surface area (Å²) in [7, 11) is 0. The first-order chi connectivity index (χ1) is 9.86. The summed E-state index contributed by atoms with van der Waals surface area (Å²) in [6, 6.07) is 6.62. The van der Waals surface area contributed by atoms with Crippen molar-refractivity contribution in [2.75, 3.05) is 5.32 Å². The molecule has 0 aliphatic rings. The van der Waals surface area contributed by atoms with E-state index in [1.54, 1.807) is 6.92 Å². The van der Waals surface area contributed by atoms with Crippen LogP contribution in [-0.2, 0) is 0 Å². The summed E-state index contributed by atoms with van der Waals surface area (Å²) in [6.45, 7) is 1.64. The predicted octanol–water partition coefficient (Wildman–Crippen LogP) is 4.70. The minimum atomic E-state index is -0.709. The van der Waals surface area contributed by atoms with Crippen LogP contribution in [0.5, 0.6) is 0 Å². The van der Waals surface area contributed by atoms with E-state index in [1.165, 1.54) is 18.2 Å². The van der Waals surface area contributed by atoms with Gasteiger partial charge in [-0.05, 0) is 36.8 Å². The van der Waals surface area contributed by atoms with Gasteiger partial charge in [0.1, 0.15) is 17.3 Å². The SMILES string of the molecule is CC(Nc1cc(Cl)ccc1[N+](=O)[O-])c1cc(F)cc(F)c1. The highest BCUT2D eigenvalue weighted by atomic mass is 35.5. The third-order valence-corrected chi connectivity index (χ3v) is 3.15. The summed E-state index contributed by atoms with van der Waals surface area (Å²) in [4.78, 5) is 10.4. The van der Waals surface area contributed by atoms with Crippen LogP contribution in [-0.4, -0.2) is 4.92 Å². The van der Waals surface area contributed by atoms with E-state index < -0.39 is 22.6 Å². The lowest BCUT2D eigenvalue weighted by Crippen LogP contribution is -2.09. The van der Waals surface area contributed by atoms with Gasteiger partial charge in [0.2, 0.25) is 0 Å². The first-order valence-corrected chi connectivity index (χ1v) is 6.41. The molecule has 1 N–H and O–H groups in total. The fourth-order valence-corrected chi connectivity index (χ4v) is 2.10. The van der Waals surface area contributed by atoms with Gasteiger partial charge in [0.25, 0.3) is 5.69 Å². The van der Waals surface area contributed by atoms with Gasteiger partial charge >= 0.3 is 0 Å². The number of nitrogens with zero attached hydrogens (tertiary/aromatic N) is 1. The second-order valence-corrected chi connectivity index (χ2v) is 4.92. The van der Waals surface area contributed by atoms with E-state index in [1.807, 2.05) is 0 Å². The highest BCUT2D eigenvalue weighted by Gasteiger charge is 2.17. The molecule has 0 saturated carbocycles. The van der Waals surface area contributed by atoms with Crippen LogP contribution in [0.25, 0.3) is 0 Å². The molecule has 0 spiro atoms. The highest BCUT2D eigenvalue weighted by molar-refractivity contribution is 6.31. The van der Waals surface area contributed by atoms with E-state index in [0.717, 1.165) is 18.2 Å². The number of anilines is 1. The quantitative estimate of drug-likeness (QED) is 0.657. The Hall–Kier alpha value is -2.21. The summed E-state index contributed by atoms with van der Waals surface area (Å²) in [6.07, 6.45) is 0. The number of hydrogen-bond acceptors (Lipinski definition) is 3. The van der Waals surface area contributed by atoms with Crippen LogP contribution in [0, 0.1) is 21.7 Å². The van der Waals surface area contributed by atoms with Crippen LogP contribution in [0.4, 0.5) is 20.2 Å². The molecule has 2 aromatic rings. The third-order valence-electron chi connectivity index (χ3n) is 2.91. The summed E-state index contributed by atoms with van der Waals surface area (Å²) in [5.41, 5.74) is 0.356. The lowest BCUT2D eigenvalue weighted by Gasteiger charge is -2.16. The molecule has 4 nitrogen and oxygen atoms in total. The van der Waals surface area contributed by atoms with Gasteiger partial charge in [-0.1, -0.05) is 11.6 Å². The molecular weight excluding hydrogens is 302 g/mol. The van der Waals surface area contributed by atoms with Crippen LogP contribution in [0.15, 0.2) is 36.4 Å². The van der Waals surface area contributed by atoms with Crippen molar-refractivity contribution in [1.29, 1.82) is 0 Å². The minimum Gasteiger partial charge on any atom is -0.373 e. The van der Waals surface area contributed by atoms with E-state index in [-0.39, 0.29) is 11.4 Å². The average molecular weight is 313 g/mol. The molecule has 1 unspecified atom stereocenters. The second kappa shape index (κ2) is 6.05. The Morgan fingerprint density at radius 2 is 1.81 bits per heavy atom.